The first-order valence-electron chi connectivity index (χ1n) is 4.64. The number of piperazine rings is 1. The molecule has 0 aromatic rings. The molecule has 1 fully saturated rings. The Balaban J connectivity index is 2.12. The summed E-state index contributed by atoms with van der Waals surface area (Å²) in [5.74, 6) is 0. The quantitative estimate of drug-likeness (QED) is 0.630. The van der Waals surface area contributed by atoms with Crippen molar-refractivity contribution in [1.82, 2.24) is 10.2 Å². The van der Waals surface area contributed by atoms with Gasteiger partial charge in [-0.3, -0.25) is 4.90 Å². The molecule has 1 heterocycles. The minimum atomic E-state index is 1.09. The molecule has 1 rings (SSSR count). The van der Waals surface area contributed by atoms with Crippen LogP contribution in [0.3, 0.4) is 0 Å². The van der Waals surface area contributed by atoms with Crippen LogP contribution in [0.15, 0.2) is 24.3 Å². The summed E-state index contributed by atoms with van der Waals surface area (Å²) in [6.07, 6.45) is 8.45. The molecule has 1 N–H and O–H groups in total. The Morgan fingerprint density at radius 3 is 2.67 bits per heavy atom. The molecular weight excluding hydrogens is 148 g/mol. The standard InChI is InChI=1S/C10H18N2/c1-2-3-4-5-8-12-9-6-11-7-10-12/h2-5,11H,6-10H2,1H3/b3-2+,5-4+. The molecule has 68 valence electrons. The maximum Gasteiger partial charge on any atom is 0.0167 e. The van der Waals surface area contributed by atoms with E-state index in [1.165, 1.54) is 13.1 Å². The normalized spacial score (nSPS) is 21.1. The second kappa shape index (κ2) is 5.98. The van der Waals surface area contributed by atoms with Gasteiger partial charge in [-0.15, -0.1) is 0 Å². The fourth-order valence-electron chi connectivity index (χ4n) is 1.29. The molecule has 0 unspecified atom stereocenters. The van der Waals surface area contributed by atoms with Crippen LogP contribution < -0.4 is 5.32 Å². The highest BCUT2D eigenvalue weighted by atomic mass is 15.2. The van der Waals surface area contributed by atoms with Crippen LogP contribution in [0, 0.1) is 0 Å². The first-order valence-corrected chi connectivity index (χ1v) is 4.64. The van der Waals surface area contributed by atoms with E-state index in [0.29, 0.717) is 0 Å². The van der Waals surface area contributed by atoms with Crippen molar-refractivity contribution in [3.8, 4) is 0 Å². The van der Waals surface area contributed by atoms with Gasteiger partial charge in [-0.25, -0.2) is 0 Å². The molecule has 0 amide bonds. The summed E-state index contributed by atoms with van der Waals surface area (Å²) in [4.78, 5) is 2.45. The van der Waals surface area contributed by atoms with Crippen LogP contribution in [0.1, 0.15) is 6.92 Å². The smallest absolute Gasteiger partial charge is 0.0167 e. The van der Waals surface area contributed by atoms with E-state index in [2.05, 4.69) is 28.4 Å². The van der Waals surface area contributed by atoms with Crippen molar-refractivity contribution in [2.45, 2.75) is 6.92 Å². The largest absolute Gasteiger partial charge is 0.314 e. The highest BCUT2D eigenvalue weighted by Gasteiger charge is 2.05. The van der Waals surface area contributed by atoms with Crippen LogP contribution in [0.2, 0.25) is 0 Å². The van der Waals surface area contributed by atoms with Gasteiger partial charge in [0, 0.05) is 32.7 Å². The van der Waals surface area contributed by atoms with Gasteiger partial charge in [-0.05, 0) is 6.92 Å². The number of nitrogens with one attached hydrogen (secondary N) is 1. The second-order valence-corrected chi connectivity index (χ2v) is 3.00. The van der Waals surface area contributed by atoms with Gasteiger partial charge in [0.15, 0.2) is 0 Å². The van der Waals surface area contributed by atoms with Gasteiger partial charge in [0.25, 0.3) is 0 Å². The number of allylic oxidation sites excluding steroid dienone is 3. The van der Waals surface area contributed by atoms with Crippen molar-refractivity contribution in [3.63, 3.8) is 0 Å². The summed E-state index contributed by atoms with van der Waals surface area (Å²) >= 11 is 0. The van der Waals surface area contributed by atoms with Crippen LogP contribution in [0.4, 0.5) is 0 Å². The maximum absolute atomic E-state index is 3.34. The number of hydrogen-bond donors (Lipinski definition) is 1. The lowest BCUT2D eigenvalue weighted by molar-refractivity contribution is 0.265. The highest BCUT2D eigenvalue weighted by Crippen LogP contribution is 1.91. The minimum absolute atomic E-state index is 1.09. The van der Waals surface area contributed by atoms with Crippen molar-refractivity contribution in [1.29, 1.82) is 0 Å². The van der Waals surface area contributed by atoms with Gasteiger partial charge in [0.05, 0.1) is 0 Å². The highest BCUT2D eigenvalue weighted by molar-refractivity contribution is 5.02. The van der Waals surface area contributed by atoms with E-state index < -0.39 is 0 Å². The molecule has 0 atom stereocenters. The molecule has 1 aliphatic heterocycles. The molecule has 1 aliphatic rings. The molecule has 0 radical (unpaired) electrons. The van der Waals surface area contributed by atoms with Crippen LogP contribution in [0.25, 0.3) is 0 Å². The molecule has 12 heavy (non-hydrogen) atoms. The minimum Gasteiger partial charge on any atom is -0.314 e. The van der Waals surface area contributed by atoms with Crippen molar-refractivity contribution in [3.05, 3.63) is 24.3 Å². The molecule has 0 aliphatic carbocycles. The van der Waals surface area contributed by atoms with Crippen LogP contribution in [-0.4, -0.2) is 37.6 Å². The van der Waals surface area contributed by atoms with Crippen molar-refractivity contribution in [2.75, 3.05) is 32.7 Å². The van der Waals surface area contributed by atoms with Gasteiger partial charge in [0.2, 0.25) is 0 Å². The van der Waals surface area contributed by atoms with Crippen LogP contribution >= 0.6 is 0 Å². The Kier molecular flexibility index (Phi) is 4.73. The van der Waals surface area contributed by atoms with Crippen LogP contribution in [0.5, 0.6) is 0 Å². The third-order valence-electron chi connectivity index (χ3n) is 2.01. The van der Waals surface area contributed by atoms with E-state index in [0.717, 1.165) is 19.6 Å². The monoisotopic (exact) mass is 166 g/mol. The lowest BCUT2D eigenvalue weighted by atomic mass is 10.3. The van der Waals surface area contributed by atoms with E-state index in [1.54, 1.807) is 0 Å². The summed E-state index contributed by atoms with van der Waals surface area (Å²) < 4.78 is 0. The molecule has 0 bridgehead atoms. The Morgan fingerprint density at radius 2 is 2.00 bits per heavy atom. The third kappa shape index (κ3) is 3.69. The fraction of sp³-hybridized carbons (Fsp3) is 0.600. The number of rotatable bonds is 3. The van der Waals surface area contributed by atoms with E-state index in [4.69, 9.17) is 0 Å². The van der Waals surface area contributed by atoms with E-state index in [9.17, 15) is 0 Å². The zero-order valence-electron chi connectivity index (χ0n) is 7.79. The van der Waals surface area contributed by atoms with Crippen molar-refractivity contribution >= 4 is 0 Å². The average molecular weight is 166 g/mol. The van der Waals surface area contributed by atoms with Gasteiger partial charge >= 0.3 is 0 Å². The van der Waals surface area contributed by atoms with E-state index in [-0.39, 0.29) is 0 Å². The Labute approximate surface area is 74.9 Å². The summed E-state index contributed by atoms with van der Waals surface area (Å²) in [6.45, 7) is 7.76. The summed E-state index contributed by atoms with van der Waals surface area (Å²) in [7, 11) is 0. The van der Waals surface area contributed by atoms with E-state index >= 15 is 0 Å². The Bertz CT molecular complexity index is 155. The molecule has 2 heteroatoms. The lowest BCUT2D eigenvalue weighted by Gasteiger charge is -2.25. The third-order valence-corrected chi connectivity index (χ3v) is 2.01. The Morgan fingerprint density at radius 1 is 1.25 bits per heavy atom. The van der Waals surface area contributed by atoms with Crippen LogP contribution in [-0.2, 0) is 0 Å². The predicted molar refractivity (Wildman–Crippen MR) is 53.3 cm³/mol. The van der Waals surface area contributed by atoms with Gasteiger partial charge in [-0.1, -0.05) is 24.3 Å². The first-order chi connectivity index (χ1) is 5.93. The summed E-state index contributed by atoms with van der Waals surface area (Å²) in [5.41, 5.74) is 0. The second-order valence-electron chi connectivity index (χ2n) is 3.00. The molecule has 0 saturated carbocycles. The molecular formula is C10H18N2. The lowest BCUT2D eigenvalue weighted by Crippen LogP contribution is -2.43. The summed E-state index contributed by atoms with van der Waals surface area (Å²) in [5, 5.41) is 3.34. The molecule has 0 aromatic heterocycles. The topological polar surface area (TPSA) is 15.3 Å². The number of nitrogens with zero attached hydrogens (tertiary/aromatic N) is 1. The maximum atomic E-state index is 3.34. The molecule has 2 nitrogen and oxygen atoms in total. The molecule has 0 aromatic carbocycles. The molecule has 1 saturated heterocycles. The first kappa shape index (κ1) is 9.49. The zero-order valence-corrected chi connectivity index (χ0v) is 7.79. The zero-order chi connectivity index (χ0) is 8.65. The fourth-order valence-corrected chi connectivity index (χ4v) is 1.29. The van der Waals surface area contributed by atoms with Crippen molar-refractivity contribution in [2.24, 2.45) is 0 Å². The van der Waals surface area contributed by atoms with Gasteiger partial charge in [0.1, 0.15) is 0 Å². The van der Waals surface area contributed by atoms with Gasteiger partial charge in [-0.2, -0.15) is 0 Å². The Hall–Kier alpha value is -0.600. The van der Waals surface area contributed by atoms with Crippen molar-refractivity contribution < 1.29 is 0 Å². The number of hydrogen-bond acceptors (Lipinski definition) is 2. The molecule has 0 spiro atoms. The average Bonchev–Trinajstić information content (AvgIpc) is 2.14. The van der Waals surface area contributed by atoms with E-state index in [1.807, 2.05) is 13.0 Å². The SMILES string of the molecule is C/C=C/C=C/CN1CCNCC1. The predicted octanol–water partition coefficient (Wildman–Crippen LogP) is 1.02. The van der Waals surface area contributed by atoms with Gasteiger partial charge < -0.3 is 5.32 Å². The summed E-state index contributed by atoms with van der Waals surface area (Å²) in [6, 6.07) is 0.